The van der Waals surface area contributed by atoms with Gasteiger partial charge in [0.2, 0.25) is 0 Å². The Morgan fingerprint density at radius 3 is 2.52 bits per heavy atom. The molecule has 0 aromatic heterocycles. The molecule has 0 aliphatic heterocycles. The lowest BCUT2D eigenvalue weighted by Gasteiger charge is -2.40. The Morgan fingerprint density at radius 1 is 1.29 bits per heavy atom. The highest BCUT2D eigenvalue weighted by Crippen LogP contribution is 2.55. The average Bonchev–Trinajstić information content (AvgIpc) is 2.68. The van der Waals surface area contributed by atoms with E-state index in [4.69, 9.17) is 4.74 Å². The summed E-state index contributed by atoms with van der Waals surface area (Å²) < 4.78 is 5.51. The highest BCUT2D eigenvalue weighted by atomic mass is 16.5. The number of rotatable bonds is 4. The van der Waals surface area contributed by atoms with E-state index >= 15 is 0 Å². The van der Waals surface area contributed by atoms with Gasteiger partial charge in [-0.25, -0.2) is 4.79 Å². The van der Waals surface area contributed by atoms with Crippen LogP contribution in [0.5, 0.6) is 0 Å². The molecule has 0 radical (unpaired) electrons. The summed E-state index contributed by atoms with van der Waals surface area (Å²) in [5.74, 6) is 0.413. The highest BCUT2D eigenvalue weighted by molar-refractivity contribution is 5.87. The minimum atomic E-state index is -0.254. The Bertz CT molecular complexity index is 516. The van der Waals surface area contributed by atoms with E-state index in [1.54, 1.807) is 6.08 Å². The summed E-state index contributed by atoms with van der Waals surface area (Å²) in [6.07, 6.45) is 5.65. The van der Waals surface area contributed by atoms with Crippen LogP contribution in [0.25, 0.3) is 6.08 Å². The van der Waals surface area contributed by atoms with E-state index in [1.165, 1.54) is 12.5 Å². The SMILES string of the molecule is C[C@@H]1CC[C@](C)(COC(=O)C=Cc2ccccc2)C1(C)C. The van der Waals surface area contributed by atoms with Gasteiger partial charge in [-0.1, -0.05) is 58.0 Å². The first-order valence-corrected chi connectivity index (χ1v) is 7.75. The first-order chi connectivity index (χ1) is 9.85. The third-order valence-corrected chi connectivity index (χ3v) is 5.66. The van der Waals surface area contributed by atoms with E-state index in [2.05, 4.69) is 27.7 Å². The van der Waals surface area contributed by atoms with Crippen molar-refractivity contribution in [3.05, 3.63) is 42.0 Å². The van der Waals surface area contributed by atoms with Gasteiger partial charge in [0.25, 0.3) is 0 Å². The van der Waals surface area contributed by atoms with Crippen molar-refractivity contribution < 1.29 is 9.53 Å². The number of benzene rings is 1. The van der Waals surface area contributed by atoms with Gasteiger partial charge in [0.15, 0.2) is 0 Å². The summed E-state index contributed by atoms with van der Waals surface area (Å²) >= 11 is 0. The van der Waals surface area contributed by atoms with E-state index < -0.39 is 0 Å². The lowest BCUT2D eigenvalue weighted by Crippen LogP contribution is -2.37. The zero-order chi connectivity index (χ0) is 15.5. The van der Waals surface area contributed by atoms with Gasteiger partial charge in [0.1, 0.15) is 0 Å². The Balaban J connectivity index is 1.91. The van der Waals surface area contributed by atoms with Crippen molar-refractivity contribution >= 4 is 12.0 Å². The van der Waals surface area contributed by atoms with Crippen LogP contribution in [0.15, 0.2) is 36.4 Å². The van der Waals surface area contributed by atoms with Gasteiger partial charge in [0.05, 0.1) is 6.61 Å². The zero-order valence-electron chi connectivity index (χ0n) is 13.6. The molecule has 114 valence electrons. The number of carbonyl (C=O) groups excluding carboxylic acids is 1. The summed E-state index contributed by atoms with van der Waals surface area (Å²) in [5, 5.41) is 0. The molecule has 1 fully saturated rings. The van der Waals surface area contributed by atoms with E-state index in [-0.39, 0.29) is 16.8 Å². The topological polar surface area (TPSA) is 26.3 Å². The van der Waals surface area contributed by atoms with Crippen LogP contribution in [0.2, 0.25) is 0 Å². The first-order valence-electron chi connectivity index (χ1n) is 7.75. The van der Waals surface area contributed by atoms with Gasteiger partial charge in [-0.05, 0) is 35.8 Å². The molecule has 2 nitrogen and oxygen atoms in total. The second-order valence-electron chi connectivity index (χ2n) is 7.07. The summed E-state index contributed by atoms with van der Waals surface area (Å²) in [6.45, 7) is 9.62. The molecule has 2 atom stereocenters. The molecule has 2 rings (SSSR count). The summed E-state index contributed by atoms with van der Waals surface area (Å²) in [6, 6.07) is 9.79. The van der Waals surface area contributed by atoms with Crippen LogP contribution in [-0.2, 0) is 9.53 Å². The van der Waals surface area contributed by atoms with Crippen molar-refractivity contribution in [2.24, 2.45) is 16.7 Å². The molecule has 0 heterocycles. The van der Waals surface area contributed by atoms with E-state index in [9.17, 15) is 4.79 Å². The Hall–Kier alpha value is -1.57. The maximum absolute atomic E-state index is 11.9. The smallest absolute Gasteiger partial charge is 0.330 e. The fourth-order valence-corrected chi connectivity index (χ4v) is 3.08. The quantitative estimate of drug-likeness (QED) is 0.592. The van der Waals surface area contributed by atoms with Crippen LogP contribution in [0.3, 0.4) is 0 Å². The van der Waals surface area contributed by atoms with Crippen molar-refractivity contribution in [1.29, 1.82) is 0 Å². The Labute approximate surface area is 128 Å². The molecule has 1 saturated carbocycles. The third-order valence-electron chi connectivity index (χ3n) is 5.66. The normalized spacial score (nSPS) is 27.9. The van der Waals surface area contributed by atoms with Crippen LogP contribution >= 0.6 is 0 Å². The van der Waals surface area contributed by atoms with Gasteiger partial charge in [-0.15, -0.1) is 0 Å². The number of hydrogen-bond acceptors (Lipinski definition) is 2. The van der Waals surface area contributed by atoms with Crippen LogP contribution in [0.4, 0.5) is 0 Å². The number of ether oxygens (including phenoxy) is 1. The first kappa shape index (κ1) is 15.8. The van der Waals surface area contributed by atoms with Crippen molar-refractivity contribution in [3.63, 3.8) is 0 Å². The van der Waals surface area contributed by atoms with Gasteiger partial charge < -0.3 is 4.74 Å². The van der Waals surface area contributed by atoms with Crippen molar-refractivity contribution in [3.8, 4) is 0 Å². The van der Waals surface area contributed by atoms with Crippen LogP contribution < -0.4 is 0 Å². The second-order valence-corrected chi connectivity index (χ2v) is 7.07. The molecule has 0 N–H and O–H groups in total. The molecule has 0 amide bonds. The van der Waals surface area contributed by atoms with Crippen LogP contribution in [0, 0.1) is 16.7 Å². The molecule has 1 aromatic carbocycles. The van der Waals surface area contributed by atoms with Gasteiger partial charge in [0, 0.05) is 11.5 Å². The molecule has 1 aromatic rings. The summed E-state index contributed by atoms with van der Waals surface area (Å²) in [4.78, 5) is 11.9. The Kier molecular flexibility index (Phi) is 4.55. The summed E-state index contributed by atoms with van der Waals surface area (Å²) in [5.41, 5.74) is 1.29. The molecule has 0 bridgehead atoms. The maximum Gasteiger partial charge on any atom is 0.330 e. The number of hydrogen-bond donors (Lipinski definition) is 0. The Morgan fingerprint density at radius 2 is 1.95 bits per heavy atom. The lowest BCUT2D eigenvalue weighted by molar-refractivity contribution is -0.143. The number of carbonyl (C=O) groups is 1. The van der Waals surface area contributed by atoms with Gasteiger partial charge in [-0.2, -0.15) is 0 Å². The van der Waals surface area contributed by atoms with Gasteiger partial charge in [-0.3, -0.25) is 0 Å². The minimum absolute atomic E-state index is 0.0721. The standard InChI is InChI=1S/C19H26O2/c1-15-12-13-19(4,18(15,2)3)14-21-17(20)11-10-16-8-6-5-7-9-16/h5-11,15H,12-14H2,1-4H3/t15-,19-/m1/s1. The monoisotopic (exact) mass is 286 g/mol. The molecule has 0 saturated heterocycles. The maximum atomic E-state index is 11.9. The van der Waals surface area contributed by atoms with Gasteiger partial charge >= 0.3 is 5.97 Å². The highest BCUT2D eigenvalue weighted by Gasteiger charge is 2.50. The second kappa shape index (κ2) is 6.05. The molecular formula is C19H26O2. The molecule has 0 spiro atoms. The minimum Gasteiger partial charge on any atom is -0.462 e. The fraction of sp³-hybridized carbons (Fsp3) is 0.526. The average molecular weight is 286 g/mol. The largest absolute Gasteiger partial charge is 0.462 e. The van der Waals surface area contributed by atoms with Crippen LogP contribution in [-0.4, -0.2) is 12.6 Å². The molecule has 2 heteroatoms. The van der Waals surface area contributed by atoms with Crippen LogP contribution in [0.1, 0.15) is 46.1 Å². The van der Waals surface area contributed by atoms with E-state index in [0.29, 0.717) is 12.5 Å². The zero-order valence-corrected chi connectivity index (χ0v) is 13.6. The molecule has 1 aliphatic rings. The van der Waals surface area contributed by atoms with E-state index in [0.717, 1.165) is 12.0 Å². The molecule has 1 aliphatic carbocycles. The number of esters is 1. The van der Waals surface area contributed by atoms with Crippen molar-refractivity contribution in [1.82, 2.24) is 0 Å². The molecular weight excluding hydrogens is 260 g/mol. The summed E-state index contributed by atoms with van der Waals surface area (Å²) in [7, 11) is 0. The predicted octanol–water partition coefficient (Wildman–Crippen LogP) is 4.71. The predicted molar refractivity (Wildman–Crippen MR) is 86.7 cm³/mol. The third kappa shape index (κ3) is 3.37. The fourth-order valence-electron chi connectivity index (χ4n) is 3.08. The molecule has 21 heavy (non-hydrogen) atoms. The molecule has 0 unspecified atom stereocenters. The lowest BCUT2D eigenvalue weighted by atomic mass is 9.66. The van der Waals surface area contributed by atoms with E-state index in [1.807, 2.05) is 30.3 Å². The van der Waals surface area contributed by atoms with Crippen molar-refractivity contribution in [2.45, 2.75) is 40.5 Å². The van der Waals surface area contributed by atoms with Crippen molar-refractivity contribution in [2.75, 3.05) is 6.61 Å².